The Hall–Kier alpha value is -4.05. The highest BCUT2D eigenvalue weighted by Gasteiger charge is 2.34. The van der Waals surface area contributed by atoms with Crippen LogP contribution in [0.25, 0.3) is 0 Å². The van der Waals surface area contributed by atoms with Crippen molar-refractivity contribution in [1.82, 2.24) is 10.2 Å². The molecule has 0 aliphatic carbocycles. The van der Waals surface area contributed by atoms with Crippen LogP contribution >= 0.6 is 0 Å². The molecular weight excluding hydrogens is 542 g/mol. The maximum atomic E-state index is 14.1. The van der Waals surface area contributed by atoms with E-state index in [-0.39, 0.29) is 34.8 Å². The summed E-state index contributed by atoms with van der Waals surface area (Å²) >= 11 is 0. The molecule has 3 aromatic rings. The molecule has 0 fully saturated rings. The van der Waals surface area contributed by atoms with Crippen molar-refractivity contribution in [2.75, 3.05) is 25.1 Å². The molecule has 0 spiro atoms. The minimum Gasteiger partial charge on any atom is -0.497 e. The molecule has 9 nitrogen and oxygen atoms in total. The van der Waals surface area contributed by atoms with Crippen LogP contribution in [-0.4, -0.2) is 58.0 Å². The molecule has 220 valence electrons. The first-order chi connectivity index (χ1) is 19.5. The average molecular weight is 582 g/mol. The molecule has 0 aliphatic heterocycles. The highest BCUT2D eigenvalue weighted by Crippen LogP contribution is 2.33. The fraction of sp³-hybridized carbons (Fsp3) is 0.355. The van der Waals surface area contributed by atoms with Gasteiger partial charge in [0, 0.05) is 12.6 Å². The van der Waals surface area contributed by atoms with Crippen LogP contribution in [0.2, 0.25) is 0 Å². The zero-order valence-corrected chi connectivity index (χ0v) is 25.3. The number of ether oxygens (including phenoxy) is 2. The zero-order valence-electron chi connectivity index (χ0n) is 24.5. The monoisotopic (exact) mass is 581 g/mol. The number of hydrogen-bond acceptors (Lipinski definition) is 6. The van der Waals surface area contributed by atoms with E-state index in [1.807, 2.05) is 45.0 Å². The molecule has 0 unspecified atom stereocenters. The molecule has 0 saturated heterocycles. The van der Waals surface area contributed by atoms with Gasteiger partial charge in [-0.25, -0.2) is 8.42 Å². The Labute approximate surface area is 243 Å². The van der Waals surface area contributed by atoms with E-state index in [2.05, 4.69) is 5.32 Å². The Morgan fingerprint density at radius 2 is 1.61 bits per heavy atom. The van der Waals surface area contributed by atoms with Crippen molar-refractivity contribution in [2.24, 2.45) is 0 Å². The lowest BCUT2D eigenvalue weighted by molar-refractivity contribution is -0.139. The summed E-state index contributed by atoms with van der Waals surface area (Å²) in [6.45, 7) is 7.01. The molecule has 0 aliphatic rings. The average Bonchev–Trinajstić information content (AvgIpc) is 2.98. The summed E-state index contributed by atoms with van der Waals surface area (Å²) in [5.74, 6) is -0.0805. The number of methoxy groups -OCH3 is 2. The summed E-state index contributed by atoms with van der Waals surface area (Å²) in [6, 6.07) is 19.2. The van der Waals surface area contributed by atoms with Crippen LogP contribution in [0.1, 0.15) is 38.3 Å². The number of para-hydroxylation sites is 2. The predicted octanol–water partition coefficient (Wildman–Crippen LogP) is 4.54. The summed E-state index contributed by atoms with van der Waals surface area (Å²) in [4.78, 5) is 28.6. The fourth-order valence-corrected chi connectivity index (χ4v) is 5.70. The summed E-state index contributed by atoms with van der Waals surface area (Å²) in [5, 5.41) is 2.94. The van der Waals surface area contributed by atoms with Gasteiger partial charge in [0.15, 0.2) is 0 Å². The number of nitrogens with one attached hydrogen (secondary N) is 1. The molecule has 0 saturated carbocycles. The number of carbonyl (C=O) groups is 2. The molecule has 3 rings (SSSR count). The first-order valence-corrected chi connectivity index (χ1v) is 14.9. The third kappa shape index (κ3) is 7.79. The third-order valence-electron chi connectivity index (χ3n) is 6.88. The van der Waals surface area contributed by atoms with E-state index in [1.165, 1.54) is 31.3 Å². The van der Waals surface area contributed by atoms with Gasteiger partial charge < -0.3 is 19.7 Å². The van der Waals surface area contributed by atoms with Gasteiger partial charge in [-0.05, 0) is 69.2 Å². The normalized spacial score (nSPS) is 12.6. The molecule has 0 radical (unpaired) electrons. The van der Waals surface area contributed by atoms with Gasteiger partial charge in [-0.2, -0.15) is 0 Å². The van der Waals surface area contributed by atoms with E-state index in [4.69, 9.17) is 9.47 Å². The number of aryl methyl sites for hydroxylation is 1. The Morgan fingerprint density at radius 3 is 2.22 bits per heavy atom. The molecule has 0 aromatic heterocycles. The van der Waals surface area contributed by atoms with Gasteiger partial charge in [0.05, 0.1) is 24.8 Å². The van der Waals surface area contributed by atoms with Gasteiger partial charge in [-0.15, -0.1) is 0 Å². The highest BCUT2D eigenvalue weighted by atomic mass is 32.2. The summed E-state index contributed by atoms with van der Waals surface area (Å²) < 4.78 is 39.7. The van der Waals surface area contributed by atoms with Gasteiger partial charge in [0.1, 0.15) is 24.1 Å². The zero-order chi connectivity index (χ0) is 30.2. The number of benzene rings is 3. The van der Waals surface area contributed by atoms with Crippen LogP contribution in [0.4, 0.5) is 5.69 Å². The number of nitrogens with zero attached hydrogens (tertiary/aromatic N) is 2. The largest absolute Gasteiger partial charge is 0.497 e. The maximum absolute atomic E-state index is 14.1. The van der Waals surface area contributed by atoms with Gasteiger partial charge in [0.25, 0.3) is 10.0 Å². The molecular formula is C31H39N3O6S. The van der Waals surface area contributed by atoms with Crippen LogP contribution in [0, 0.1) is 6.92 Å². The van der Waals surface area contributed by atoms with Crippen molar-refractivity contribution in [1.29, 1.82) is 0 Å². The van der Waals surface area contributed by atoms with Gasteiger partial charge in [0.2, 0.25) is 11.8 Å². The van der Waals surface area contributed by atoms with E-state index in [0.29, 0.717) is 5.75 Å². The second-order valence-electron chi connectivity index (χ2n) is 9.86. The first-order valence-electron chi connectivity index (χ1n) is 13.5. The van der Waals surface area contributed by atoms with Crippen LogP contribution in [0.5, 0.6) is 11.5 Å². The summed E-state index contributed by atoms with van der Waals surface area (Å²) in [6.07, 6.45) is 0.728. The molecule has 10 heteroatoms. The maximum Gasteiger partial charge on any atom is 0.264 e. The second-order valence-corrected chi connectivity index (χ2v) is 11.7. The SMILES string of the molecule is CC[C@@H](C)NC(=O)[C@@H](C)N(Cc1cccc(C)c1)C(=O)CN(c1ccccc1OC)S(=O)(=O)c1ccc(OC)cc1. The molecule has 0 heterocycles. The molecule has 3 aromatic carbocycles. The molecule has 41 heavy (non-hydrogen) atoms. The van der Waals surface area contributed by atoms with Crippen molar-refractivity contribution in [3.63, 3.8) is 0 Å². The van der Waals surface area contributed by atoms with E-state index in [1.54, 1.807) is 43.3 Å². The molecule has 2 atom stereocenters. The van der Waals surface area contributed by atoms with Gasteiger partial charge >= 0.3 is 0 Å². The Kier molecular flexibility index (Phi) is 10.8. The van der Waals surface area contributed by atoms with Crippen LogP contribution < -0.4 is 19.1 Å². The van der Waals surface area contributed by atoms with Crippen LogP contribution in [0.3, 0.4) is 0 Å². The lowest BCUT2D eigenvalue weighted by Gasteiger charge is -2.33. The summed E-state index contributed by atoms with van der Waals surface area (Å²) in [5.41, 5.74) is 2.03. The molecule has 0 bridgehead atoms. The fourth-order valence-electron chi connectivity index (χ4n) is 4.28. The van der Waals surface area contributed by atoms with Crippen molar-refractivity contribution < 1.29 is 27.5 Å². The third-order valence-corrected chi connectivity index (χ3v) is 8.66. The van der Waals surface area contributed by atoms with Gasteiger partial charge in [-0.3, -0.25) is 13.9 Å². The second kappa shape index (κ2) is 14.0. The van der Waals surface area contributed by atoms with Crippen LogP contribution in [-0.2, 0) is 26.2 Å². The smallest absolute Gasteiger partial charge is 0.264 e. The highest BCUT2D eigenvalue weighted by molar-refractivity contribution is 7.92. The Balaban J connectivity index is 2.07. The Bertz CT molecular complexity index is 1440. The predicted molar refractivity (Wildman–Crippen MR) is 160 cm³/mol. The summed E-state index contributed by atoms with van der Waals surface area (Å²) in [7, 11) is -1.31. The number of sulfonamides is 1. The van der Waals surface area contributed by atoms with E-state index < -0.39 is 28.5 Å². The van der Waals surface area contributed by atoms with Crippen LogP contribution in [0.15, 0.2) is 77.7 Å². The topological polar surface area (TPSA) is 105 Å². The number of amides is 2. The number of carbonyl (C=O) groups excluding carboxylic acids is 2. The van der Waals surface area contributed by atoms with Crippen molar-refractivity contribution in [3.8, 4) is 11.5 Å². The minimum atomic E-state index is -4.24. The molecule has 2 amide bonds. The van der Waals surface area contributed by atoms with Crippen molar-refractivity contribution in [3.05, 3.63) is 83.9 Å². The Morgan fingerprint density at radius 1 is 0.927 bits per heavy atom. The van der Waals surface area contributed by atoms with Gasteiger partial charge in [-0.1, -0.05) is 48.9 Å². The molecule has 1 N–H and O–H groups in total. The van der Waals surface area contributed by atoms with Crippen molar-refractivity contribution in [2.45, 2.75) is 57.6 Å². The number of rotatable bonds is 13. The number of anilines is 1. The lowest BCUT2D eigenvalue weighted by atomic mass is 10.1. The quantitative estimate of drug-likeness (QED) is 0.318. The lowest BCUT2D eigenvalue weighted by Crippen LogP contribution is -2.52. The first kappa shape index (κ1) is 31.5. The van der Waals surface area contributed by atoms with E-state index >= 15 is 0 Å². The standard InChI is InChI=1S/C31H39N3O6S/c1-7-23(3)32-31(36)24(4)33(20-25-12-10-11-22(2)19-25)30(35)21-34(28-13-8-9-14-29(28)40-6)41(37,38)27-17-15-26(39-5)16-18-27/h8-19,23-24H,7,20-21H2,1-6H3,(H,32,36)/t23-,24-/m1/s1. The minimum absolute atomic E-state index is 0.0233. The number of hydrogen-bond donors (Lipinski definition) is 1. The van der Waals surface area contributed by atoms with Crippen molar-refractivity contribution >= 4 is 27.5 Å². The van der Waals surface area contributed by atoms with E-state index in [0.717, 1.165) is 21.9 Å². The van der Waals surface area contributed by atoms with E-state index in [9.17, 15) is 18.0 Å².